The Labute approximate surface area is 159 Å². The van der Waals surface area contributed by atoms with Gasteiger partial charge in [0.2, 0.25) is 5.91 Å². The second-order valence-electron chi connectivity index (χ2n) is 6.56. The number of amides is 1. The third-order valence-electron chi connectivity index (χ3n) is 4.50. The molecule has 1 aliphatic heterocycles. The molecule has 140 valence electrons. The summed E-state index contributed by atoms with van der Waals surface area (Å²) >= 11 is 1.72. The maximum atomic E-state index is 12.8. The van der Waals surface area contributed by atoms with Gasteiger partial charge in [-0.3, -0.25) is 9.69 Å². The minimum atomic E-state index is 0.104. The molecule has 1 aliphatic rings. The fraction of sp³-hybridized carbons (Fsp3) is 0.450. The highest BCUT2D eigenvalue weighted by molar-refractivity contribution is 7.09. The molecule has 1 fully saturated rings. The minimum absolute atomic E-state index is 0.104. The van der Waals surface area contributed by atoms with Crippen LogP contribution in [0.5, 0.6) is 5.75 Å². The Morgan fingerprint density at radius 1 is 1.31 bits per heavy atom. The van der Waals surface area contributed by atoms with E-state index in [1.165, 1.54) is 4.88 Å². The van der Waals surface area contributed by atoms with Crippen molar-refractivity contribution in [2.24, 2.45) is 0 Å². The topological polar surface area (TPSA) is 42.0 Å². The first kappa shape index (κ1) is 18.9. The normalized spacial score (nSPS) is 17.5. The van der Waals surface area contributed by atoms with Gasteiger partial charge in [-0.15, -0.1) is 11.3 Å². The van der Waals surface area contributed by atoms with E-state index in [0.717, 1.165) is 17.9 Å². The molecule has 6 heteroatoms. The Morgan fingerprint density at radius 3 is 2.88 bits per heavy atom. The summed E-state index contributed by atoms with van der Waals surface area (Å²) in [5.41, 5.74) is 1.09. The van der Waals surface area contributed by atoms with Gasteiger partial charge in [-0.25, -0.2) is 0 Å². The molecule has 3 rings (SSSR count). The average Bonchev–Trinajstić information content (AvgIpc) is 3.15. The number of rotatable bonds is 7. The standard InChI is InChI=1S/C20H26N2O3S/c1-16-12-22(9-10-25-16)20(23)15-21(14-18-7-5-11-26-18)13-17-6-3-4-8-19(17)24-2/h3-8,11,16H,9-10,12-15H2,1-2H3. The highest BCUT2D eigenvalue weighted by Gasteiger charge is 2.23. The molecule has 2 aromatic rings. The molecule has 0 saturated carbocycles. The number of carbonyl (C=O) groups is 1. The van der Waals surface area contributed by atoms with Crippen LogP contribution in [0.2, 0.25) is 0 Å². The molecule has 5 nitrogen and oxygen atoms in total. The zero-order valence-corrected chi connectivity index (χ0v) is 16.2. The van der Waals surface area contributed by atoms with Crippen molar-refractivity contribution in [2.75, 3.05) is 33.4 Å². The van der Waals surface area contributed by atoms with Gasteiger partial charge in [-0.05, 0) is 24.4 Å². The molecule has 1 aromatic carbocycles. The van der Waals surface area contributed by atoms with Crippen molar-refractivity contribution in [3.8, 4) is 5.75 Å². The van der Waals surface area contributed by atoms with E-state index in [1.807, 2.05) is 36.1 Å². The number of para-hydroxylation sites is 1. The summed E-state index contributed by atoms with van der Waals surface area (Å²) in [4.78, 5) is 18.2. The third-order valence-corrected chi connectivity index (χ3v) is 5.36. The molecule has 1 unspecified atom stereocenters. The second-order valence-corrected chi connectivity index (χ2v) is 7.59. The lowest BCUT2D eigenvalue weighted by Gasteiger charge is -2.33. The molecule has 0 aliphatic carbocycles. The van der Waals surface area contributed by atoms with Crippen molar-refractivity contribution in [1.82, 2.24) is 9.80 Å². The summed E-state index contributed by atoms with van der Waals surface area (Å²) in [5, 5.41) is 2.07. The van der Waals surface area contributed by atoms with E-state index in [-0.39, 0.29) is 12.0 Å². The van der Waals surface area contributed by atoms with Crippen LogP contribution in [0.4, 0.5) is 0 Å². The Balaban J connectivity index is 1.71. The van der Waals surface area contributed by atoms with Crippen molar-refractivity contribution >= 4 is 17.2 Å². The van der Waals surface area contributed by atoms with Gasteiger partial charge in [0.05, 0.1) is 26.4 Å². The fourth-order valence-electron chi connectivity index (χ4n) is 3.20. The maximum absolute atomic E-state index is 12.8. The van der Waals surface area contributed by atoms with Crippen LogP contribution in [0.25, 0.3) is 0 Å². The van der Waals surface area contributed by atoms with E-state index >= 15 is 0 Å². The summed E-state index contributed by atoms with van der Waals surface area (Å²) in [6.45, 7) is 5.78. The second kappa shape index (κ2) is 9.16. The van der Waals surface area contributed by atoms with Gasteiger partial charge in [0.25, 0.3) is 0 Å². The molecule has 1 aromatic heterocycles. The van der Waals surface area contributed by atoms with E-state index < -0.39 is 0 Å². The predicted octanol–water partition coefficient (Wildman–Crippen LogP) is 3.01. The van der Waals surface area contributed by atoms with Gasteiger partial charge in [-0.1, -0.05) is 24.3 Å². The lowest BCUT2D eigenvalue weighted by atomic mass is 10.2. The van der Waals surface area contributed by atoms with Crippen molar-refractivity contribution in [1.29, 1.82) is 0 Å². The molecule has 0 spiro atoms. The van der Waals surface area contributed by atoms with Crippen LogP contribution < -0.4 is 4.74 Å². The van der Waals surface area contributed by atoms with Gasteiger partial charge in [0.1, 0.15) is 5.75 Å². The first-order chi connectivity index (χ1) is 12.7. The highest BCUT2D eigenvalue weighted by Crippen LogP contribution is 2.21. The van der Waals surface area contributed by atoms with Crippen LogP contribution >= 0.6 is 11.3 Å². The van der Waals surface area contributed by atoms with Crippen LogP contribution in [0.3, 0.4) is 0 Å². The molecule has 0 bridgehead atoms. The zero-order chi connectivity index (χ0) is 18.4. The van der Waals surface area contributed by atoms with Crippen molar-refractivity contribution in [3.05, 3.63) is 52.2 Å². The van der Waals surface area contributed by atoms with Crippen LogP contribution in [-0.4, -0.2) is 55.2 Å². The summed E-state index contributed by atoms with van der Waals surface area (Å²) in [6.07, 6.45) is 0.104. The summed E-state index contributed by atoms with van der Waals surface area (Å²) in [7, 11) is 1.68. The minimum Gasteiger partial charge on any atom is -0.496 e. The Hall–Kier alpha value is -1.89. The first-order valence-electron chi connectivity index (χ1n) is 8.91. The molecule has 26 heavy (non-hydrogen) atoms. The lowest BCUT2D eigenvalue weighted by molar-refractivity contribution is -0.139. The number of benzene rings is 1. The lowest BCUT2D eigenvalue weighted by Crippen LogP contribution is -2.48. The molecule has 1 amide bonds. The molecular weight excluding hydrogens is 348 g/mol. The van der Waals surface area contributed by atoms with Gasteiger partial charge < -0.3 is 14.4 Å². The molecule has 2 heterocycles. The van der Waals surface area contributed by atoms with Crippen LogP contribution in [0.15, 0.2) is 41.8 Å². The smallest absolute Gasteiger partial charge is 0.236 e. The Morgan fingerprint density at radius 2 is 2.15 bits per heavy atom. The molecule has 0 radical (unpaired) electrons. The fourth-order valence-corrected chi connectivity index (χ4v) is 3.95. The average molecular weight is 375 g/mol. The van der Waals surface area contributed by atoms with Crippen molar-refractivity contribution < 1.29 is 14.3 Å². The summed E-state index contributed by atoms with van der Waals surface area (Å²) in [5.74, 6) is 1.02. The van der Waals surface area contributed by atoms with Crippen LogP contribution in [0, 0.1) is 0 Å². The van der Waals surface area contributed by atoms with E-state index in [0.29, 0.717) is 32.8 Å². The molecular formula is C20H26N2O3S. The first-order valence-corrected chi connectivity index (χ1v) is 9.79. The maximum Gasteiger partial charge on any atom is 0.236 e. The number of hydrogen-bond acceptors (Lipinski definition) is 5. The highest BCUT2D eigenvalue weighted by atomic mass is 32.1. The van der Waals surface area contributed by atoms with Gasteiger partial charge in [0.15, 0.2) is 0 Å². The number of hydrogen-bond donors (Lipinski definition) is 0. The number of morpholine rings is 1. The number of carbonyl (C=O) groups excluding carboxylic acids is 1. The van der Waals surface area contributed by atoms with Gasteiger partial charge in [0, 0.05) is 36.6 Å². The quantitative estimate of drug-likeness (QED) is 0.747. The largest absolute Gasteiger partial charge is 0.496 e. The number of ether oxygens (including phenoxy) is 2. The van der Waals surface area contributed by atoms with Gasteiger partial charge >= 0.3 is 0 Å². The Bertz CT molecular complexity index is 705. The summed E-state index contributed by atoms with van der Waals surface area (Å²) < 4.78 is 11.0. The number of nitrogens with zero attached hydrogens (tertiary/aromatic N) is 2. The van der Waals surface area contributed by atoms with E-state index in [1.54, 1.807) is 18.4 Å². The van der Waals surface area contributed by atoms with Crippen LogP contribution in [0.1, 0.15) is 17.4 Å². The predicted molar refractivity (Wildman–Crippen MR) is 103 cm³/mol. The third kappa shape index (κ3) is 5.06. The van der Waals surface area contributed by atoms with Crippen LogP contribution in [-0.2, 0) is 22.6 Å². The summed E-state index contributed by atoms with van der Waals surface area (Å²) in [6, 6.07) is 12.2. The molecule has 1 atom stereocenters. The number of methoxy groups -OCH3 is 1. The molecule has 1 saturated heterocycles. The van der Waals surface area contributed by atoms with Gasteiger partial charge in [-0.2, -0.15) is 0 Å². The molecule has 0 N–H and O–H groups in total. The number of thiophene rings is 1. The van der Waals surface area contributed by atoms with E-state index in [9.17, 15) is 4.79 Å². The van der Waals surface area contributed by atoms with Crippen molar-refractivity contribution in [3.63, 3.8) is 0 Å². The van der Waals surface area contributed by atoms with Crippen molar-refractivity contribution in [2.45, 2.75) is 26.1 Å². The van der Waals surface area contributed by atoms with E-state index in [4.69, 9.17) is 9.47 Å². The van der Waals surface area contributed by atoms with E-state index in [2.05, 4.69) is 22.4 Å². The monoisotopic (exact) mass is 374 g/mol. The zero-order valence-electron chi connectivity index (χ0n) is 15.4. The Kier molecular flexibility index (Phi) is 6.66. The SMILES string of the molecule is COc1ccccc1CN(CC(=O)N1CCOC(C)C1)Cc1cccs1.